The van der Waals surface area contributed by atoms with Gasteiger partial charge in [-0.3, -0.25) is 4.90 Å². The molecule has 0 aliphatic carbocycles. The van der Waals surface area contributed by atoms with E-state index in [0.29, 0.717) is 12.1 Å². The summed E-state index contributed by atoms with van der Waals surface area (Å²) in [4.78, 5) is 2.48. The summed E-state index contributed by atoms with van der Waals surface area (Å²) in [5, 5.41) is 3.63. The van der Waals surface area contributed by atoms with Gasteiger partial charge in [0.15, 0.2) is 0 Å². The highest BCUT2D eigenvalue weighted by atomic mass is 35.5. The van der Waals surface area contributed by atoms with E-state index in [0.717, 1.165) is 26.1 Å². The minimum Gasteiger partial charge on any atom is -0.311 e. The van der Waals surface area contributed by atoms with Crippen molar-refractivity contribution in [3.8, 4) is 0 Å². The van der Waals surface area contributed by atoms with Gasteiger partial charge in [0.25, 0.3) is 0 Å². The normalized spacial score (nSPS) is 25.7. The lowest BCUT2D eigenvalue weighted by atomic mass is 10.0. The van der Waals surface area contributed by atoms with Gasteiger partial charge in [0, 0.05) is 37.3 Å². The van der Waals surface area contributed by atoms with Crippen LogP contribution < -0.4 is 5.32 Å². The summed E-state index contributed by atoms with van der Waals surface area (Å²) in [6.07, 6.45) is 3.11. The number of nitrogens with zero attached hydrogens (tertiary/aromatic N) is 1. The molecule has 0 saturated carbocycles. The van der Waals surface area contributed by atoms with Gasteiger partial charge in [-0.05, 0) is 18.9 Å². The van der Waals surface area contributed by atoms with Crippen LogP contribution >= 0.6 is 11.6 Å². The van der Waals surface area contributed by atoms with E-state index in [4.69, 9.17) is 11.6 Å². The van der Waals surface area contributed by atoms with E-state index in [1.54, 1.807) is 5.54 Å². The van der Waals surface area contributed by atoms with Crippen LogP contribution in [-0.2, 0) is 6.42 Å². The third kappa shape index (κ3) is 3.84. The standard InChI is InChI=1S/C15H21ClN2/c1-13-11-17-15(12-18(13)9-5-8-16)10-14-6-3-2-4-7-14/h2-8,13,15,17H,9-12H2,1H3/b8-5+. The molecule has 1 saturated heterocycles. The maximum atomic E-state index is 5.61. The SMILES string of the molecule is CC1CNC(Cc2ccccc2)CN1C/C=C/Cl. The Balaban J connectivity index is 1.90. The molecule has 1 aromatic rings. The fourth-order valence-electron chi connectivity index (χ4n) is 2.46. The summed E-state index contributed by atoms with van der Waals surface area (Å²) in [6, 6.07) is 11.8. The molecule has 0 spiro atoms. The number of hydrogen-bond acceptors (Lipinski definition) is 2. The Kier molecular flexibility index (Phi) is 5.24. The zero-order chi connectivity index (χ0) is 12.8. The first-order valence-corrected chi connectivity index (χ1v) is 7.00. The van der Waals surface area contributed by atoms with Crippen LogP contribution in [-0.4, -0.2) is 36.6 Å². The molecule has 0 bridgehead atoms. The Bertz CT molecular complexity index is 377. The average Bonchev–Trinajstić information content (AvgIpc) is 2.40. The zero-order valence-corrected chi connectivity index (χ0v) is 11.6. The number of nitrogens with one attached hydrogen (secondary N) is 1. The van der Waals surface area contributed by atoms with Gasteiger partial charge < -0.3 is 5.32 Å². The molecule has 0 amide bonds. The van der Waals surface area contributed by atoms with Crippen LogP contribution in [0.4, 0.5) is 0 Å². The Morgan fingerprint density at radius 3 is 2.89 bits per heavy atom. The smallest absolute Gasteiger partial charge is 0.0236 e. The van der Waals surface area contributed by atoms with E-state index in [-0.39, 0.29) is 0 Å². The van der Waals surface area contributed by atoms with Gasteiger partial charge in [0.1, 0.15) is 0 Å². The molecule has 2 rings (SSSR count). The molecule has 18 heavy (non-hydrogen) atoms. The molecule has 0 radical (unpaired) electrons. The monoisotopic (exact) mass is 264 g/mol. The van der Waals surface area contributed by atoms with E-state index < -0.39 is 0 Å². The molecular weight excluding hydrogens is 244 g/mol. The predicted molar refractivity (Wildman–Crippen MR) is 78.0 cm³/mol. The maximum Gasteiger partial charge on any atom is 0.0236 e. The molecule has 2 atom stereocenters. The third-order valence-corrected chi connectivity index (χ3v) is 3.71. The highest BCUT2D eigenvalue weighted by Crippen LogP contribution is 2.11. The number of halogens is 1. The molecule has 1 aromatic carbocycles. The van der Waals surface area contributed by atoms with E-state index in [9.17, 15) is 0 Å². The molecule has 98 valence electrons. The van der Waals surface area contributed by atoms with Gasteiger partial charge in [0.05, 0.1) is 0 Å². The van der Waals surface area contributed by atoms with Crippen LogP contribution in [0, 0.1) is 0 Å². The Hall–Kier alpha value is -0.830. The first-order chi connectivity index (χ1) is 8.79. The van der Waals surface area contributed by atoms with Crippen molar-refractivity contribution in [2.24, 2.45) is 0 Å². The van der Waals surface area contributed by atoms with E-state index in [1.165, 1.54) is 5.56 Å². The van der Waals surface area contributed by atoms with Crippen molar-refractivity contribution in [2.45, 2.75) is 25.4 Å². The van der Waals surface area contributed by atoms with Crippen molar-refractivity contribution in [2.75, 3.05) is 19.6 Å². The summed E-state index contributed by atoms with van der Waals surface area (Å²) in [5.41, 5.74) is 3.01. The lowest BCUT2D eigenvalue weighted by Gasteiger charge is -2.38. The summed E-state index contributed by atoms with van der Waals surface area (Å²) in [6.45, 7) is 5.33. The molecule has 2 nitrogen and oxygen atoms in total. The summed E-state index contributed by atoms with van der Waals surface area (Å²) >= 11 is 5.61. The van der Waals surface area contributed by atoms with E-state index >= 15 is 0 Å². The number of benzene rings is 1. The summed E-state index contributed by atoms with van der Waals surface area (Å²) in [5.74, 6) is 0. The van der Waals surface area contributed by atoms with Gasteiger partial charge in [0.2, 0.25) is 0 Å². The van der Waals surface area contributed by atoms with Gasteiger partial charge in [-0.2, -0.15) is 0 Å². The molecular formula is C15H21ClN2. The lowest BCUT2D eigenvalue weighted by Crippen LogP contribution is -2.56. The van der Waals surface area contributed by atoms with E-state index in [2.05, 4.69) is 47.5 Å². The van der Waals surface area contributed by atoms with Crippen molar-refractivity contribution in [3.63, 3.8) is 0 Å². The molecule has 2 unspecified atom stereocenters. The zero-order valence-electron chi connectivity index (χ0n) is 10.8. The predicted octanol–water partition coefficient (Wildman–Crippen LogP) is 2.64. The first kappa shape index (κ1) is 13.6. The van der Waals surface area contributed by atoms with Crippen LogP contribution in [0.15, 0.2) is 41.9 Å². The van der Waals surface area contributed by atoms with Crippen molar-refractivity contribution >= 4 is 11.6 Å². The highest BCUT2D eigenvalue weighted by molar-refractivity contribution is 6.25. The van der Waals surface area contributed by atoms with Crippen LogP contribution in [0.2, 0.25) is 0 Å². The Morgan fingerprint density at radius 2 is 2.17 bits per heavy atom. The van der Waals surface area contributed by atoms with Crippen LogP contribution in [0.1, 0.15) is 12.5 Å². The molecule has 3 heteroatoms. The second kappa shape index (κ2) is 6.93. The summed E-state index contributed by atoms with van der Waals surface area (Å²) < 4.78 is 0. The first-order valence-electron chi connectivity index (χ1n) is 6.56. The largest absolute Gasteiger partial charge is 0.311 e. The Labute approximate surface area is 115 Å². The van der Waals surface area contributed by atoms with Crippen LogP contribution in [0.25, 0.3) is 0 Å². The van der Waals surface area contributed by atoms with Gasteiger partial charge >= 0.3 is 0 Å². The average molecular weight is 265 g/mol. The quantitative estimate of drug-likeness (QED) is 0.900. The third-order valence-electron chi connectivity index (χ3n) is 3.53. The minimum atomic E-state index is 0.535. The van der Waals surface area contributed by atoms with Crippen molar-refractivity contribution in [1.29, 1.82) is 0 Å². The number of rotatable bonds is 4. The second-order valence-electron chi connectivity index (χ2n) is 4.96. The van der Waals surface area contributed by atoms with Crippen LogP contribution in [0.3, 0.4) is 0 Å². The maximum absolute atomic E-state index is 5.61. The lowest BCUT2D eigenvalue weighted by molar-refractivity contribution is 0.156. The fraction of sp³-hybridized carbons (Fsp3) is 0.467. The van der Waals surface area contributed by atoms with Crippen molar-refractivity contribution in [3.05, 3.63) is 47.5 Å². The molecule has 0 aromatic heterocycles. The van der Waals surface area contributed by atoms with Crippen LogP contribution in [0.5, 0.6) is 0 Å². The minimum absolute atomic E-state index is 0.535. The number of piperazine rings is 1. The molecule has 1 aliphatic rings. The highest BCUT2D eigenvalue weighted by Gasteiger charge is 2.23. The molecule has 1 fully saturated rings. The molecule has 1 N–H and O–H groups in total. The topological polar surface area (TPSA) is 15.3 Å². The van der Waals surface area contributed by atoms with Gasteiger partial charge in [-0.25, -0.2) is 0 Å². The van der Waals surface area contributed by atoms with Gasteiger partial charge in [-0.1, -0.05) is 48.0 Å². The second-order valence-corrected chi connectivity index (χ2v) is 5.21. The van der Waals surface area contributed by atoms with Crippen molar-refractivity contribution < 1.29 is 0 Å². The molecule has 1 aliphatic heterocycles. The van der Waals surface area contributed by atoms with Crippen molar-refractivity contribution in [1.82, 2.24) is 10.2 Å². The molecule has 1 heterocycles. The Morgan fingerprint density at radius 1 is 1.39 bits per heavy atom. The number of hydrogen-bond donors (Lipinski definition) is 1. The van der Waals surface area contributed by atoms with Gasteiger partial charge in [-0.15, -0.1) is 0 Å². The fourth-order valence-corrected chi connectivity index (χ4v) is 2.54. The summed E-state index contributed by atoms with van der Waals surface area (Å²) in [7, 11) is 0. The van der Waals surface area contributed by atoms with E-state index in [1.807, 2.05) is 6.08 Å².